The van der Waals surface area contributed by atoms with Crippen molar-refractivity contribution in [2.24, 2.45) is 0 Å². The summed E-state index contributed by atoms with van der Waals surface area (Å²) in [5, 5.41) is 10.3. The van der Waals surface area contributed by atoms with Crippen LogP contribution < -0.4 is 4.90 Å². The van der Waals surface area contributed by atoms with E-state index in [2.05, 4.69) is 11.8 Å². The average Bonchev–Trinajstić information content (AvgIpc) is 2.46. The lowest BCUT2D eigenvalue weighted by Gasteiger charge is -2.28. The minimum atomic E-state index is -0.435. The molecule has 3 heteroatoms. The van der Waals surface area contributed by atoms with Gasteiger partial charge in [-0.05, 0) is 43.2 Å². The van der Waals surface area contributed by atoms with Crippen LogP contribution in [0.2, 0.25) is 5.02 Å². The minimum absolute atomic E-state index is 0.182. The molecule has 0 aliphatic rings. The van der Waals surface area contributed by atoms with Crippen LogP contribution in [0.15, 0.2) is 48.5 Å². The third kappa shape index (κ3) is 3.14. The molecular formula is C17H20ClNO. The summed E-state index contributed by atoms with van der Waals surface area (Å²) in [6, 6.07) is 16.0. The molecule has 0 heterocycles. The number of anilines is 1. The number of aliphatic hydroxyl groups is 1. The van der Waals surface area contributed by atoms with Crippen molar-refractivity contribution in [3.05, 3.63) is 64.7 Å². The van der Waals surface area contributed by atoms with E-state index in [9.17, 15) is 5.11 Å². The van der Waals surface area contributed by atoms with Gasteiger partial charge < -0.3 is 10.0 Å². The summed E-state index contributed by atoms with van der Waals surface area (Å²) in [7, 11) is 2.05. The van der Waals surface area contributed by atoms with E-state index in [0.717, 1.165) is 21.8 Å². The highest BCUT2D eigenvalue weighted by molar-refractivity contribution is 6.31. The van der Waals surface area contributed by atoms with Crippen molar-refractivity contribution in [1.29, 1.82) is 0 Å². The van der Waals surface area contributed by atoms with E-state index in [0.29, 0.717) is 0 Å². The minimum Gasteiger partial charge on any atom is -0.389 e. The molecule has 0 bridgehead atoms. The Bertz CT molecular complexity index is 565. The summed E-state index contributed by atoms with van der Waals surface area (Å²) in [4.78, 5) is 2.17. The Morgan fingerprint density at radius 3 is 2.15 bits per heavy atom. The lowest BCUT2D eigenvalue weighted by Crippen LogP contribution is -2.21. The largest absolute Gasteiger partial charge is 0.389 e. The smallest absolute Gasteiger partial charge is 0.0761 e. The topological polar surface area (TPSA) is 23.5 Å². The summed E-state index contributed by atoms with van der Waals surface area (Å²) in [6.45, 7) is 3.90. The third-order valence-corrected chi connectivity index (χ3v) is 4.06. The Morgan fingerprint density at radius 1 is 1.00 bits per heavy atom. The van der Waals surface area contributed by atoms with Gasteiger partial charge in [0, 0.05) is 17.8 Å². The lowest BCUT2D eigenvalue weighted by atomic mass is 10.1. The molecule has 0 aliphatic carbocycles. The first kappa shape index (κ1) is 14.9. The van der Waals surface area contributed by atoms with E-state index in [4.69, 9.17) is 11.6 Å². The molecule has 2 atom stereocenters. The van der Waals surface area contributed by atoms with E-state index >= 15 is 0 Å². The Hall–Kier alpha value is -1.51. The van der Waals surface area contributed by atoms with Crippen molar-refractivity contribution in [2.45, 2.75) is 26.0 Å². The number of hydrogen-bond donors (Lipinski definition) is 1. The SMILES string of the molecule is CC(c1ccccc1Cl)N(C)c1ccc([C@@H](C)O)cc1. The van der Waals surface area contributed by atoms with Gasteiger partial charge in [-0.15, -0.1) is 0 Å². The summed E-state index contributed by atoms with van der Waals surface area (Å²) < 4.78 is 0. The van der Waals surface area contributed by atoms with E-state index < -0.39 is 6.10 Å². The number of hydrogen-bond acceptors (Lipinski definition) is 2. The number of benzene rings is 2. The molecule has 0 radical (unpaired) electrons. The van der Waals surface area contributed by atoms with Crippen LogP contribution >= 0.6 is 11.6 Å². The molecule has 0 fully saturated rings. The van der Waals surface area contributed by atoms with Crippen LogP contribution in [0.3, 0.4) is 0 Å². The number of nitrogens with zero attached hydrogens (tertiary/aromatic N) is 1. The van der Waals surface area contributed by atoms with Crippen LogP contribution in [0.1, 0.15) is 37.1 Å². The Balaban J connectivity index is 2.22. The zero-order valence-corrected chi connectivity index (χ0v) is 12.8. The Morgan fingerprint density at radius 2 is 1.60 bits per heavy atom. The lowest BCUT2D eigenvalue weighted by molar-refractivity contribution is 0.199. The standard InChI is InChI=1S/C17H20ClNO/c1-12(16-6-4-5-7-17(16)18)19(3)15-10-8-14(9-11-15)13(2)20/h4-13,20H,1-3H3/t12?,13-/m1/s1. The van der Waals surface area contributed by atoms with E-state index in [1.807, 2.05) is 55.6 Å². The molecule has 20 heavy (non-hydrogen) atoms. The van der Waals surface area contributed by atoms with E-state index in [1.165, 1.54) is 0 Å². The first-order chi connectivity index (χ1) is 9.50. The molecule has 0 spiro atoms. The van der Waals surface area contributed by atoms with Crippen LogP contribution in [-0.4, -0.2) is 12.2 Å². The predicted octanol–water partition coefficient (Wildman–Crippen LogP) is 4.59. The number of rotatable bonds is 4. The van der Waals surface area contributed by atoms with E-state index in [-0.39, 0.29) is 6.04 Å². The van der Waals surface area contributed by atoms with Gasteiger partial charge in [0.2, 0.25) is 0 Å². The first-order valence-corrected chi connectivity index (χ1v) is 7.13. The van der Waals surface area contributed by atoms with Crippen LogP contribution in [0.4, 0.5) is 5.69 Å². The fourth-order valence-electron chi connectivity index (χ4n) is 2.23. The molecule has 1 unspecified atom stereocenters. The second kappa shape index (κ2) is 6.29. The zero-order valence-electron chi connectivity index (χ0n) is 12.0. The summed E-state index contributed by atoms with van der Waals surface area (Å²) >= 11 is 6.26. The highest BCUT2D eigenvalue weighted by Gasteiger charge is 2.15. The maximum absolute atomic E-state index is 9.55. The first-order valence-electron chi connectivity index (χ1n) is 6.76. The molecule has 2 rings (SSSR count). The van der Waals surface area contributed by atoms with Crippen LogP contribution in [0.25, 0.3) is 0 Å². The summed E-state index contributed by atoms with van der Waals surface area (Å²) in [6.07, 6.45) is -0.435. The molecular weight excluding hydrogens is 270 g/mol. The average molecular weight is 290 g/mol. The third-order valence-electron chi connectivity index (χ3n) is 3.72. The van der Waals surface area contributed by atoms with Crippen LogP contribution in [0.5, 0.6) is 0 Å². The second-order valence-electron chi connectivity index (χ2n) is 5.08. The summed E-state index contributed by atoms with van der Waals surface area (Å²) in [5.74, 6) is 0. The maximum Gasteiger partial charge on any atom is 0.0761 e. The van der Waals surface area contributed by atoms with Gasteiger partial charge in [0.25, 0.3) is 0 Å². The molecule has 0 saturated carbocycles. The normalized spacial score (nSPS) is 13.8. The molecule has 0 amide bonds. The van der Waals surface area contributed by atoms with Gasteiger partial charge in [0.1, 0.15) is 0 Å². The predicted molar refractivity (Wildman–Crippen MR) is 85.3 cm³/mol. The second-order valence-corrected chi connectivity index (χ2v) is 5.48. The fraction of sp³-hybridized carbons (Fsp3) is 0.294. The monoisotopic (exact) mass is 289 g/mol. The van der Waals surface area contributed by atoms with Gasteiger partial charge in [-0.2, -0.15) is 0 Å². The van der Waals surface area contributed by atoms with Gasteiger partial charge in [-0.3, -0.25) is 0 Å². The molecule has 106 valence electrons. The number of halogens is 1. The van der Waals surface area contributed by atoms with Crippen molar-refractivity contribution in [3.8, 4) is 0 Å². The van der Waals surface area contributed by atoms with Crippen molar-refractivity contribution in [1.82, 2.24) is 0 Å². The van der Waals surface area contributed by atoms with Gasteiger partial charge in [0.15, 0.2) is 0 Å². The van der Waals surface area contributed by atoms with Gasteiger partial charge in [-0.25, -0.2) is 0 Å². The Labute approximate surface area is 125 Å². The van der Waals surface area contributed by atoms with Crippen molar-refractivity contribution >= 4 is 17.3 Å². The van der Waals surface area contributed by atoms with Crippen LogP contribution in [0, 0.1) is 0 Å². The molecule has 1 N–H and O–H groups in total. The fourth-order valence-corrected chi connectivity index (χ4v) is 2.53. The molecule has 2 aromatic rings. The van der Waals surface area contributed by atoms with Gasteiger partial charge in [-0.1, -0.05) is 41.9 Å². The highest BCUT2D eigenvalue weighted by Crippen LogP contribution is 2.30. The zero-order chi connectivity index (χ0) is 14.7. The van der Waals surface area contributed by atoms with Crippen molar-refractivity contribution in [3.63, 3.8) is 0 Å². The summed E-state index contributed by atoms with van der Waals surface area (Å²) in [5.41, 5.74) is 3.13. The maximum atomic E-state index is 9.55. The van der Waals surface area contributed by atoms with Gasteiger partial charge in [0.05, 0.1) is 12.1 Å². The van der Waals surface area contributed by atoms with Gasteiger partial charge >= 0.3 is 0 Å². The quantitative estimate of drug-likeness (QED) is 0.890. The molecule has 2 aromatic carbocycles. The van der Waals surface area contributed by atoms with Crippen LogP contribution in [-0.2, 0) is 0 Å². The molecule has 0 aromatic heterocycles. The van der Waals surface area contributed by atoms with Crippen molar-refractivity contribution in [2.75, 3.05) is 11.9 Å². The number of aliphatic hydroxyl groups excluding tert-OH is 1. The molecule has 0 aliphatic heterocycles. The highest BCUT2D eigenvalue weighted by atomic mass is 35.5. The Kier molecular flexibility index (Phi) is 4.69. The molecule has 2 nitrogen and oxygen atoms in total. The van der Waals surface area contributed by atoms with E-state index in [1.54, 1.807) is 6.92 Å². The molecule has 0 saturated heterocycles. The van der Waals surface area contributed by atoms with Crippen molar-refractivity contribution < 1.29 is 5.11 Å².